The fourth-order valence-electron chi connectivity index (χ4n) is 2.14. The Kier molecular flexibility index (Phi) is 4.63. The van der Waals surface area contributed by atoms with E-state index in [1.807, 2.05) is 32.5 Å². The number of amides is 1. The van der Waals surface area contributed by atoms with Crippen molar-refractivity contribution in [3.05, 3.63) is 29.8 Å². The molecular formula is C16H23NO2S. The summed E-state index contributed by atoms with van der Waals surface area (Å²) < 4.78 is 5.26. The van der Waals surface area contributed by atoms with Crippen LogP contribution in [0.5, 0.6) is 0 Å². The van der Waals surface area contributed by atoms with Crippen molar-refractivity contribution in [2.75, 3.05) is 0 Å². The maximum Gasteiger partial charge on any atom is 0.407 e. The molecule has 4 heteroatoms. The van der Waals surface area contributed by atoms with Gasteiger partial charge in [0.1, 0.15) is 5.60 Å². The normalized spacial score (nSPS) is 22.0. The Hall–Kier alpha value is -1.16. The van der Waals surface area contributed by atoms with Crippen molar-refractivity contribution < 1.29 is 9.53 Å². The molecule has 0 saturated heterocycles. The molecule has 2 rings (SSSR count). The molecule has 1 aromatic rings. The van der Waals surface area contributed by atoms with Crippen LogP contribution in [0.2, 0.25) is 0 Å². The molecule has 3 nitrogen and oxygen atoms in total. The number of hydrogen-bond donors (Lipinski definition) is 1. The zero-order valence-corrected chi connectivity index (χ0v) is 13.4. The summed E-state index contributed by atoms with van der Waals surface area (Å²) in [5.41, 5.74) is 0.863. The van der Waals surface area contributed by atoms with Gasteiger partial charge < -0.3 is 10.1 Å². The number of ether oxygens (including phenoxy) is 1. The van der Waals surface area contributed by atoms with Crippen LogP contribution in [0.4, 0.5) is 4.79 Å². The summed E-state index contributed by atoms with van der Waals surface area (Å²) in [6.45, 7) is 7.74. The average molecular weight is 293 g/mol. The molecule has 0 spiro atoms. The van der Waals surface area contributed by atoms with Crippen LogP contribution in [-0.4, -0.2) is 23.0 Å². The zero-order chi connectivity index (χ0) is 14.8. The lowest BCUT2D eigenvalue weighted by atomic mass is 9.92. The van der Waals surface area contributed by atoms with Crippen molar-refractivity contribution in [3.8, 4) is 0 Å². The largest absolute Gasteiger partial charge is 0.444 e. The first-order valence-electron chi connectivity index (χ1n) is 7.05. The third-order valence-electron chi connectivity index (χ3n) is 3.11. The van der Waals surface area contributed by atoms with Crippen LogP contribution in [0, 0.1) is 6.92 Å². The van der Waals surface area contributed by atoms with E-state index in [4.69, 9.17) is 4.74 Å². The van der Waals surface area contributed by atoms with E-state index in [1.165, 1.54) is 10.5 Å². The van der Waals surface area contributed by atoms with Gasteiger partial charge in [0.2, 0.25) is 0 Å². The Morgan fingerprint density at radius 2 is 2.05 bits per heavy atom. The Labute approximate surface area is 125 Å². The summed E-state index contributed by atoms with van der Waals surface area (Å²) in [5.74, 6) is 0. The molecule has 1 aliphatic rings. The molecule has 110 valence electrons. The van der Waals surface area contributed by atoms with Crippen molar-refractivity contribution in [1.29, 1.82) is 0 Å². The maximum absolute atomic E-state index is 11.6. The molecule has 1 aromatic carbocycles. The van der Waals surface area contributed by atoms with Gasteiger partial charge >= 0.3 is 6.09 Å². The van der Waals surface area contributed by atoms with Crippen molar-refractivity contribution >= 4 is 17.9 Å². The number of rotatable bonds is 3. The fraction of sp³-hybridized carbons (Fsp3) is 0.562. The van der Waals surface area contributed by atoms with E-state index in [0.29, 0.717) is 5.25 Å². The molecular weight excluding hydrogens is 270 g/mol. The summed E-state index contributed by atoms with van der Waals surface area (Å²) in [4.78, 5) is 12.9. The molecule has 1 fully saturated rings. The molecule has 0 bridgehead atoms. The first-order chi connectivity index (χ1) is 9.32. The average Bonchev–Trinajstić information content (AvgIpc) is 2.23. The van der Waals surface area contributed by atoms with Crippen LogP contribution >= 0.6 is 11.8 Å². The smallest absolute Gasteiger partial charge is 0.407 e. The van der Waals surface area contributed by atoms with Gasteiger partial charge in [-0.1, -0.05) is 17.7 Å². The van der Waals surface area contributed by atoms with Gasteiger partial charge in [-0.3, -0.25) is 0 Å². The van der Waals surface area contributed by atoms with E-state index in [0.717, 1.165) is 12.8 Å². The number of carbonyl (C=O) groups excluding carboxylic acids is 1. The predicted octanol–water partition coefficient (Wildman–Crippen LogP) is 4.14. The second-order valence-electron chi connectivity index (χ2n) is 6.37. The Bertz CT molecular complexity index is 476. The highest BCUT2D eigenvalue weighted by Crippen LogP contribution is 2.37. The Morgan fingerprint density at radius 3 is 2.65 bits per heavy atom. The highest BCUT2D eigenvalue weighted by Gasteiger charge is 2.32. The minimum absolute atomic E-state index is 0.257. The molecule has 0 heterocycles. The second kappa shape index (κ2) is 6.08. The van der Waals surface area contributed by atoms with Crippen molar-refractivity contribution in [2.24, 2.45) is 0 Å². The molecule has 0 aromatic heterocycles. The number of benzene rings is 1. The van der Waals surface area contributed by atoms with Crippen molar-refractivity contribution in [3.63, 3.8) is 0 Å². The van der Waals surface area contributed by atoms with Gasteiger partial charge in [-0.2, -0.15) is 0 Å². The topological polar surface area (TPSA) is 38.3 Å². The summed E-state index contributed by atoms with van der Waals surface area (Å²) in [6, 6.07) is 8.81. The fourth-order valence-corrected chi connectivity index (χ4v) is 3.59. The standard InChI is InChI=1S/C16H23NO2S/c1-11-6-5-7-13(8-11)20-14-9-12(10-14)17-15(18)19-16(2,3)4/h5-8,12,14H,9-10H2,1-4H3,(H,17,18)/t12-,14+. The van der Waals surface area contributed by atoms with Crippen LogP contribution in [0.15, 0.2) is 29.2 Å². The van der Waals surface area contributed by atoms with E-state index >= 15 is 0 Å². The molecule has 1 amide bonds. The van der Waals surface area contributed by atoms with Gasteiger partial charge in [0.05, 0.1) is 0 Å². The molecule has 0 unspecified atom stereocenters. The highest BCUT2D eigenvalue weighted by atomic mass is 32.2. The van der Waals surface area contributed by atoms with E-state index in [-0.39, 0.29) is 12.1 Å². The van der Waals surface area contributed by atoms with Crippen molar-refractivity contribution in [2.45, 2.75) is 62.3 Å². The van der Waals surface area contributed by atoms with Crippen LogP contribution in [-0.2, 0) is 4.74 Å². The molecule has 1 N–H and O–H groups in total. The Morgan fingerprint density at radius 1 is 1.35 bits per heavy atom. The number of thioether (sulfide) groups is 1. The number of carbonyl (C=O) groups is 1. The number of alkyl carbamates (subject to hydrolysis) is 1. The lowest BCUT2D eigenvalue weighted by Crippen LogP contribution is -2.47. The lowest BCUT2D eigenvalue weighted by Gasteiger charge is -2.35. The van der Waals surface area contributed by atoms with Gasteiger partial charge in [0.25, 0.3) is 0 Å². The minimum atomic E-state index is -0.427. The molecule has 1 aliphatic carbocycles. The monoisotopic (exact) mass is 293 g/mol. The van der Waals surface area contributed by atoms with Gasteiger partial charge in [0.15, 0.2) is 0 Å². The summed E-state index contributed by atoms with van der Waals surface area (Å²) in [7, 11) is 0. The molecule has 0 aliphatic heterocycles. The second-order valence-corrected chi connectivity index (χ2v) is 7.74. The van der Waals surface area contributed by atoms with Gasteiger partial charge in [-0.05, 0) is 52.7 Å². The molecule has 0 atom stereocenters. The highest BCUT2D eigenvalue weighted by molar-refractivity contribution is 8.00. The first kappa shape index (κ1) is 15.2. The molecule has 20 heavy (non-hydrogen) atoms. The first-order valence-corrected chi connectivity index (χ1v) is 7.92. The number of hydrogen-bond acceptors (Lipinski definition) is 3. The van der Waals surface area contributed by atoms with E-state index < -0.39 is 5.60 Å². The van der Waals surface area contributed by atoms with E-state index in [1.54, 1.807) is 0 Å². The quantitative estimate of drug-likeness (QED) is 0.910. The van der Waals surface area contributed by atoms with Crippen LogP contribution in [0.3, 0.4) is 0 Å². The van der Waals surface area contributed by atoms with Crippen LogP contribution in [0.25, 0.3) is 0 Å². The number of nitrogens with one attached hydrogen (secondary N) is 1. The van der Waals surface area contributed by atoms with Gasteiger partial charge in [-0.25, -0.2) is 4.79 Å². The van der Waals surface area contributed by atoms with Gasteiger partial charge in [0, 0.05) is 16.2 Å². The van der Waals surface area contributed by atoms with Crippen LogP contribution < -0.4 is 5.32 Å². The SMILES string of the molecule is Cc1cccc(S[C@H]2C[C@@H](NC(=O)OC(C)(C)C)C2)c1. The van der Waals surface area contributed by atoms with Gasteiger partial charge in [-0.15, -0.1) is 11.8 Å². The lowest BCUT2D eigenvalue weighted by molar-refractivity contribution is 0.0482. The van der Waals surface area contributed by atoms with E-state index in [9.17, 15) is 4.79 Å². The third kappa shape index (κ3) is 4.75. The zero-order valence-electron chi connectivity index (χ0n) is 12.6. The number of aryl methyl sites for hydroxylation is 1. The summed E-state index contributed by atoms with van der Waals surface area (Å²) in [5, 5.41) is 3.52. The molecule has 1 saturated carbocycles. The van der Waals surface area contributed by atoms with Crippen LogP contribution in [0.1, 0.15) is 39.2 Å². The Balaban J connectivity index is 1.71. The van der Waals surface area contributed by atoms with Crippen molar-refractivity contribution in [1.82, 2.24) is 5.32 Å². The maximum atomic E-state index is 11.6. The molecule has 0 radical (unpaired) electrons. The van der Waals surface area contributed by atoms with E-state index in [2.05, 4.69) is 36.5 Å². The summed E-state index contributed by atoms with van der Waals surface area (Å²) in [6.07, 6.45) is 1.72. The third-order valence-corrected chi connectivity index (χ3v) is 4.35. The summed E-state index contributed by atoms with van der Waals surface area (Å²) >= 11 is 1.90. The minimum Gasteiger partial charge on any atom is -0.444 e. The predicted molar refractivity (Wildman–Crippen MR) is 83.2 cm³/mol.